The molecule has 2 aromatic rings. The topological polar surface area (TPSA) is 120 Å². The van der Waals surface area contributed by atoms with Crippen molar-refractivity contribution in [2.24, 2.45) is 0 Å². The van der Waals surface area contributed by atoms with Crippen molar-refractivity contribution < 1.29 is 35.0 Å². The van der Waals surface area contributed by atoms with E-state index >= 15 is 0 Å². The predicted octanol–water partition coefficient (Wildman–Crippen LogP) is -0.276. The van der Waals surface area contributed by atoms with Crippen molar-refractivity contribution in [3.8, 4) is 11.5 Å². The van der Waals surface area contributed by atoms with Crippen molar-refractivity contribution in [3.05, 3.63) is 36.4 Å². The molecule has 0 bridgehead atoms. The van der Waals surface area contributed by atoms with E-state index in [1.165, 1.54) is 6.07 Å². The molecule has 0 amide bonds. The van der Waals surface area contributed by atoms with Gasteiger partial charge in [0.1, 0.15) is 18.3 Å². The molecular weight excluding hydrogens is 304 g/mol. The van der Waals surface area contributed by atoms with E-state index in [-0.39, 0.29) is 11.5 Å². The zero-order valence-electron chi connectivity index (χ0n) is 12.1. The molecule has 1 aliphatic rings. The molecule has 7 nitrogen and oxygen atoms in total. The molecule has 23 heavy (non-hydrogen) atoms. The number of fused-ring (bicyclic) bond motifs is 1. The standard InChI is InChI=1S/C16H18O7/c17-7-12-13(19)14(20)15(16(21)23-12)22-11-6-9-4-2-1-3-8(9)5-10(11)18/h1-6,12-21H,7H2/t12-,13-,14+,15-,16-/m1/s1. The summed E-state index contributed by atoms with van der Waals surface area (Å²) in [5, 5.41) is 50.5. The monoisotopic (exact) mass is 322 g/mol. The minimum Gasteiger partial charge on any atom is -0.504 e. The number of phenolic OH excluding ortho intramolecular Hbond substituents is 1. The Morgan fingerprint density at radius 3 is 2.30 bits per heavy atom. The maximum absolute atomic E-state index is 10.1. The highest BCUT2D eigenvalue weighted by Crippen LogP contribution is 2.34. The van der Waals surface area contributed by atoms with Crippen LogP contribution in [0.2, 0.25) is 0 Å². The van der Waals surface area contributed by atoms with Crippen molar-refractivity contribution >= 4 is 10.8 Å². The lowest BCUT2D eigenvalue weighted by Crippen LogP contribution is -2.60. The molecular formula is C16H18O7. The highest BCUT2D eigenvalue weighted by atomic mass is 16.7. The Kier molecular flexibility index (Phi) is 4.38. The normalized spacial score (nSPS) is 31.2. The molecule has 2 aromatic carbocycles. The van der Waals surface area contributed by atoms with E-state index in [2.05, 4.69) is 0 Å². The fraction of sp³-hybridized carbons (Fsp3) is 0.375. The van der Waals surface area contributed by atoms with Gasteiger partial charge in [0, 0.05) is 0 Å². The quantitative estimate of drug-likeness (QED) is 0.527. The van der Waals surface area contributed by atoms with Gasteiger partial charge in [-0.15, -0.1) is 0 Å². The van der Waals surface area contributed by atoms with Crippen LogP contribution in [0.25, 0.3) is 10.8 Å². The van der Waals surface area contributed by atoms with E-state index in [9.17, 15) is 20.4 Å². The maximum atomic E-state index is 10.1. The summed E-state index contributed by atoms with van der Waals surface area (Å²) < 4.78 is 10.5. The molecule has 1 fully saturated rings. The Balaban J connectivity index is 1.87. The smallest absolute Gasteiger partial charge is 0.195 e. The van der Waals surface area contributed by atoms with Gasteiger partial charge >= 0.3 is 0 Å². The zero-order valence-corrected chi connectivity index (χ0v) is 12.1. The SMILES string of the molecule is OC[C@H]1O[C@@H](O)[C@H](Oc2cc3ccccc3cc2O)[C@@H](O)[C@@H]1O. The van der Waals surface area contributed by atoms with Gasteiger partial charge in [-0.3, -0.25) is 0 Å². The lowest BCUT2D eigenvalue weighted by Gasteiger charge is -2.39. The van der Waals surface area contributed by atoms with Crippen molar-refractivity contribution in [2.45, 2.75) is 30.7 Å². The number of benzene rings is 2. The predicted molar refractivity (Wildman–Crippen MR) is 80.0 cm³/mol. The Bertz CT molecular complexity index is 689. The lowest BCUT2D eigenvalue weighted by atomic mass is 9.99. The minimum atomic E-state index is -1.56. The summed E-state index contributed by atoms with van der Waals surface area (Å²) in [7, 11) is 0. The zero-order chi connectivity index (χ0) is 16.6. The molecule has 0 aliphatic carbocycles. The van der Waals surface area contributed by atoms with Crippen LogP contribution < -0.4 is 4.74 Å². The van der Waals surface area contributed by atoms with E-state index in [4.69, 9.17) is 14.6 Å². The van der Waals surface area contributed by atoms with Crippen molar-refractivity contribution in [2.75, 3.05) is 6.61 Å². The number of ether oxygens (including phenoxy) is 2. The summed E-state index contributed by atoms with van der Waals surface area (Å²) in [6, 6.07) is 10.4. The third-order valence-corrected chi connectivity index (χ3v) is 3.93. The second kappa shape index (κ2) is 6.31. The summed E-state index contributed by atoms with van der Waals surface area (Å²) >= 11 is 0. The van der Waals surface area contributed by atoms with Gasteiger partial charge in [0.2, 0.25) is 0 Å². The van der Waals surface area contributed by atoms with Crippen molar-refractivity contribution in [1.82, 2.24) is 0 Å². The number of hydrogen-bond acceptors (Lipinski definition) is 7. The van der Waals surface area contributed by atoms with Crippen LogP contribution in [0.5, 0.6) is 11.5 Å². The van der Waals surface area contributed by atoms with Crippen molar-refractivity contribution in [3.63, 3.8) is 0 Å². The van der Waals surface area contributed by atoms with E-state index in [1.807, 2.05) is 24.3 Å². The molecule has 0 unspecified atom stereocenters. The summed E-state index contributed by atoms with van der Waals surface area (Å²) in [5.41, 5.74) is 0. The third kappa shape index (κ3) is 2.97. The average Bonchev–Trinajstić information content (AvgIpc) is 2.55. The molecule has 1 aliphatic heterocycles. The average molecular weight is 322 g/mol. The summed E-state index contributed by atoms with van der Waals surface area (Å²) in [6.45, 7) is -0.552. The molecule has 1 heterocycles. The first-order valence-corrected chi connectivity index (χ1v) is 7.20. The van der Waals surface area contributed by atoms with Gasteiger partial charge in [0.25, 0.3) is 0 Å². The van der Waals surface area contributed by atoms with E-state index in [1.54, 1.807) is 6.07 Å². The van der Waals surface area contributed by atoms with Crippen LogP contribution in [0, 0.1) is 0 Å². The van der Waals surface area contributed by atoms with E-state index < -0.39 is 37.3 Å². The van der Waals surface area contributed by atoms with Crippen LogP contribution in [0.1, 0.15) is 0 Å². The van der Waals surface area contributed by atoms with Crippen molar-refractivity contribution in [1.29, 1.82) is 0 Å². The van der Waals surface area contributed by atoms with Crippen LogP contribution in [0.4, 0.5) is 0 Å². The number of phenols is 1. The molecule has 0 spiro atoms. The summed E-state index contributed by atoms with van der Waals surface area (Å²) in [5.74, 6) is -0.119. The molecule has 3 rings (SSSR count). The third-order valence-electron chi connectivity index (χ3n) is 3.93. The number of aliphatic hydroxyl groups excluding tert-OH is 4. The van der Waals surface area contributed by atoms with Crippen LogP contribution in [0.3, 0.4) is 0 Å². The molecule has 5 N–H and O–H groups in total. The molecule has 1 saturated heterocycles. The fourth-order valence-electron chi connectivity index (χ4n) is 2.65. The maximum Gasteiger partial charge on any atom is 0.195 e. The first-order valence-electron chi connectivity index (χ1n) is 7.20. The van der Waals surface area contributed by atoms with Crippen LogP contribution in [-0.4, -0.2) is 62.8 Å². The van der Waals surface area contributed by atoms with Crippen LogP contribution in [-0.2, 0) is 4.74 Å². The van der Waals surface area contributed by atoms with E-state index in [0.29, 0.717) is 0 Å². The Hall–Kier alpha value is -1.90. The highest BCUT2D eigenvalue weighted by molar-refractivity contribution is 5.85. The molecule has 0 saturated carbocycles. The molecule has 0 aromatic heterocycles. The van der Waals surface area contributed by atoms with Gasteiger partial charge < -0.3 is 35.0 Å². The molecule has 5 atom stereocenters. The second-order valence-electron chi connectivity index (χ2n) is 5.48. The minimum absolute atomic E-state index is 0.0463. The number of aliphatic hydroxyl groups is 4. The Morgan fingerprint density at radius 1 is 1.00 bits per heavy atom. The first kappa shape index (κ1) is 16.0. The van der Waals surface area contributed by atoms with Gasteiger partial charge in [-0.25, -0.2) is 0 Å². The molecule has 0 radical (unpaired) electrons. The molecule has 124 valence electrons. The van der Waals surface area contributed by atoms with Crippen LogP contribution in [0.15, 0.2) is 36.4 Å². The van der Waals surface area contributed by atoms with Gasteiger partial charge in [-0.05, 0) is 22.9 Å². The van der Waals surface area contributed by atoms with Gasteiger partial charge in [0.05, 0.1) is 6.61 Å². The number of hydrogen-bond donors (Lipinski definition) is 5. The Labute approximate surface area is 131 Å². The highest BCUT2D eigenvalue weighted by Gasteiger charge is 2.45. The summed E-state index contributed by atoms with van der Waals surface area (Å²) in [6.07, 6.45) is -6.88. The van der Waals surface area contributed by atoms with Gasteiger partial charge in [-0.2, -0.15) is 0 Å². The van der Waals surface area contributed by atoms with Crippen LogP contribution >= 0.6 is 0 Å². The largest absolute Gasteiger partial charge is 0.504 e. The number of aromatic hydroxyl groups is 1. The van der Waals surface area contributed by atoms with Gasteiger partial charge in [0.15, 0.2) is 23.9 Å². The fourth-order valence-corrected chi connectivity index (χ4v) is 2.65. The summed E-state index contributed by atoms with van der Waals surface area (Å²) in [4.78, 5) is 0. The van der Waals surface area contributed by atoms with Gasteiger partial charge in [-0.1, -0.05) is 24.3 Å². The molecule has 7 heteroatoms. The second-order valence-corrected chi connectivity index (χ2v) is 5.48. The first-order chi connectivity index (χ1) is 11.0. The Morgan fingerprint density at radius 2 is 1.65 bits per heavy atom. The van der Waals surface area contributed by atoms with E-state index in [0.717, 1.165) is 10.8 Å². The lowest BCUT2D eigenvalue weighted by molar-refractivity contribution is -0.280. The number of rotatable bonds is 3.